The quantitative estimate of drug-likeness (QED) is 0.859. The number of hydrogen-bond donors (Lipinski definition) is 2. The van der Waals surface area contributed by atoms with Gasteiger partial charge < -0.3 is 20.1 Å². The van der Waals surface area contributed by atoms with E-state index in [1.165, 1.54) is 0 Å². The molecule has 0 aromatic heterocycles. The summed E-state index contributed by atoms with van der Waals surface area (Å²) >= 11 is 0. The van der Waals surface area contributed by atoms with Crippen LogP contribution in [-0.2, 0) is 4.74 Å². The van der Waals surface area contributed by atoms with Crippen molar-refractivity contribution in [2.24, 2.45) is 0 Å². The van der Waals surface area contributed by atoms with Crippen molar-refractivity contribution in [3.63, 3.8) is 0 Å². The number of ether oxygens (including phenoxy) is 2. The number of urea groups is 1. The third kappa shape index (κ3) is 3.63. The molecule has 18 heavy (non-hydrogen) atoms. The molecule has 1 atom stereocenters. The molecule has 1 saturated heterocycles. The Bertz CT molecular complexity index is 386. The van der Waals surface area contributed by atoms with Crippen LogP contribution in [0, 0.1) is 0 Å². The molecule has 0 spiro atoms. The molecule has 1 aromatic carbocycles. The molecule has 1 aromatic rings. The van der Waals surface area contributed by atoms with Crippen LogP contribution in [0.3, 0.4) is 0 Å². The summed E-state index contributed by atoms with van der Waals surface area (Å²) < 4.78 is 10.5. The molecule has 1 fully saturated rings. The first-order valence-corrected chi connectivity index (χ1v) is 6.08. The minimum atomic E-state index is -0.212. The summed E-state index contributed by atoms with van der Waals surface area (Å²) in [6, 6.07) is 6.98. The Balaban J connectivity index is 1.75. The first kappa shape index (κ1) is 12.7. The van der Waals surface area contributed by atoms with Crippen LogP contribution in [0.25, 0.3) is 0 Å². The highest BCUT2D eigenvalue weighted by Crippen LogP contribution is 2.15. The van der Waals surface area contributed by atoms with E-state index >= 15 is 0 Å². The van der Waals surface area contributed by atoms with Gasteiger partial charge in [-0.15, -0.1) is 0 Å². The van der Waals surface area contributed by atoms with Crippen molar-refractivity contribution in [3.05, 3.63) is 24.3 Å². The summed E-state index contributed by atoms with van der Waals surface area (Å²) in [5.74, 6) is 0.764. The highest BCUT2D eigenvalue weighted by molar-refractivity contribution is 5.89. The van der Waals surface area contributed by atoms with Crippen LogP contribution < -0.4 is 15.4 Å². The second-order valence-corrected chi connectivity index (χ2v) is 4.20. The average molecular weight is 250 g/mol. The van der Waals surface area contributed by atoms with Crippen molar-refractivity contribution < 1.29 is 14.3 Å². The van der Waals surface area contributed by atoms with Gasteiger partial charge in [-0.1, -0.05) is 0 Å². The lowest BCUT2D eigenvalue weighted by Crippen LogP contribution is -2.34. The molecule has 1 aliphatic heterocycles. The fourth-order valence-corrected chi connectivity index (χ4v) is 1.86. The predicted octanol–water partition coefficient (Wildman–Crippen LogP) is 2.00. The molecule has 2 N–H and O–H groups in total. The van der Waals surface area contributed by atoms with Gasteiger partial charge in [-0.3, -0.25) is 0 Å². The molecule has 1 unspecified atom stereocenters. The van der Waals surface area contributed by atoms with Crippen LogP contribution in [0.4, 0.5) is 10.5 Å². The number of anilines is 1. The van der Waals surface area contributed by atoms with Gasteiger partial charge in [0, 0.05) is 18.8 Å². The lowest BCUT2D eigenvalue weighted by Gasteiger charge is -2.11. The molecule has 0 saturated carbocycles. The van der Waals surface area contributed by atoms with E-state index in [0.717, 1.165) is 30.9 Å². The number of rotatable bonds is 4. The van der Waals surface area contributed by atoms with E-state index in [0.29, 0.717) is 6.54 Å². The van der Waals surface area contributed by atoms with Gasteiger partial charge >= 0.3 is 6.03 Å². The topological polar surface area (TPSA) is 59.6 Å². The SMILES string of the molecule is COc1ccc(NC(=O)NCC2CCCO2)cc1. The van der Waals surface area contributed by atoms with Crippen LogP contribution in [0.1, 0.15) is 12.8 Å². The molecule has 5 heteroatoms. The fraction of sp³-hybridized carbons (Fsp3) is 0.462. The third-order valence-corrected chi connectivity index (χ3v) is 2.86. The van der Waals surface area contributed by atoms with E-state index in [9.17, 15) is 4.79 Å². The molecule has 2 amide bonds. The lowest BCUT2D eigenvalue weighted by molar-refractivity contribution is 0.112. The highest BCUT2D eigenvalue weighted by Gasteiger charge is 2.15. The van der Waals surface area contributed by atoms with E-state index in [1.54, 1.807) is 31.4 Å². The Morgan fingerprint density at radius 3 is 2.83 bits per heavy atom. The monoisotopic (exact) mass is 250 g/mol. The van der Waals surface area contributed by atoms with Gasteiger partial charge in [0.1, 0.15) is 5.75 Å². The Morgan fingerprint density at radius 1 is 1.44 bits per heavy atom. The number of carbonyl (C=O) groups is 1. The highest BCUT2D eigenvalue weighted by atomic mass is 16.5. The Hall–Kier alpha value is -1.75. The van der Waals surface area contributed by atoms with Crippen LogP contribution in [0.15, 0.2) is 24.3 Å². The summed E-state index contributed by atoms with van der Waals surface area (Å²) in [6.07, 6.45) is 2.25. The molecular weight excluding hydrogens is 232 g/mol. The number of amides is 2. The second kappa shape index (κ2) is 6.26. The largest absolute Gasteiger partial charge is 0.497 e. The zero-order valence-electron chi connectivity index (χ0n) is 10.4. The maximum atomic E-state index is 11.6. The van der Waals surface area contributed by atoms with E-state index in [-0.39, 0.29) is 12.1 Å². The molecule has 0 aliphatic carbocycles. The van der Waals surface area contributed by atoms with Gasteiger partial charge in [0.15, 0.2) is 0 Å². The summed E-state index contributed by atoms with van der Waals surface area (Å²) in [5.41, 5.74) is 0.737. The Kier molecular flexibility index (Phi) is 4.41. The molecule has 2 rings (SSSR count). The number of nitrogens with one attached hydrogen (secondary N) is 2. The summed E-state index contributed by atoms with van der Waals surface area (Å²) in [5, 5.41) is 5.55. The number of methoxy groups -OCH3 is 1. The van der Waals surface area contributed by atoms with E-state index in [1.807, 2.05) is 0 Å². The summed E-state index contributed by atoms with van der Waals surface area (Å²) in [6.45, 7) is 1.36. The number of benzene rings is 1. The summed E-state index contributed by atoms with van der Waals surface area (Å²) in [7, 11) is 1.61. The van der Waals surface area contributed by atoms with Gasteiger partial charge in [-0.05, 0) is 37.1 Å². The van der Waals surface area contributed by atoms with Crippen molar-refractivity contribution in [1.29, 1.82) is 0 Å². The van der Waals surface area contributed by atoms with Crippen molar-refractivity contribution in [2.45, 2.75) is 18.9 Å². The van der Waals surface area contributed by atoms with Gasteiger partial charge in [-0.25, -0.2) is 4.79 Å². The van der Waals surface area contributed by atoms with Gasteiger partial charge in [0.2, 0.25) is 0 Å². The first-order chi connectivity index (χ1) is 8.78. The third-order valence-electron chi connectivity index (χ3n) is 2.86. The summed E-state index contributed by atoms with van der Waals surface area (Å²) in [4.78, 5) is 11.6. The molecule has 5 nitrogen and oxygen atoms in total. The molecule has 1 aliphatic rings. The molecule has 0 radical (unpaired) electrons. The maximum Gasteiger partial charge on any atom is 0.319 e. The minimum Gasteiger partial charge on any atom is -0.497 e. The van der Waals surface area contributed by atoms with Crippen molar-refractivity contribution in [3.8, 4) is 5.75 Å². The normalized spacial score (nSPS) is 18.4. The second-order valence-electron chi connectivity index (χ2n) is 4.20. The van der Waals surface area contributed by atoms with Crippen molar-refractivity contribution in [1.82, 2.24) is 5.32 Å². The van der Waals surface area contributed by atoms with Crippen molar-refractivity contribution >= 4 is 11.7 Å². The lowest BCUT2D eigenvalue weighted by atomic mass is 10.2. The van der Waals surface area contributed by atoms with Crippen LogP contribution in [0.2, 0.25) is 0 Å². The van der Waals surface area contributed by atoms with Gasteiger partial charge in [0.25, 0.3) is 0 Å². The number of carbonyl (C=O) groups excluding carboxylic acids is 1. The van der Waals surface area contributed by atoms with Crippen molar-refractivity contribution in [2.75, 3.05) is 25.6 Å². The molecule has 98 valence electrons. The van der Waals surface area contributed by atoms with Crippen LogP contribution in [-0.4, -0.2) is 32.4 Å². The fourth-order valence-electron chi connectivity index (χ4n) is 1.86. The Morgan fingerprint density at radius 2 is 2.22 bits per heavy atom. The predicted molar refractivity (Wildman–Crippen MR) is 69.0 cm³/mol. The average Bonchev–Trinajstić information content (AvgIpc) is 2.90. The standard InChI is InChI=1S/C13H18N2O3/c1-17-11-6-4-10(5-7-11)15-13(16)14-9-12-3-2-8-18-12/h4-7,12H,2-3,8-9H2,1H3,(H2,14,15,16). The van der Waals surface area contributed by atoms with Crippen LogP contribution in [0.5, 0.6) is 5.75 Å². The van der Waals surface area contributed by atoms with E-state index in [4.69, 9.17) is 9.47 Å². The zero-order valence-corrected chi connectivity index (χ0v) is 10.4. The van der Waals surface area contributed by atoms with Gasteiger partial charge in [-0.2, -0.15) is 0 Å². The molecule has 0 bridgehead atoms. The zero-order chi connectivity index (χ0) is 12.8. The number of hydrogen-bond acceptors (Lipinski definition) is 3. The smallest absolute Gasteiger partial charge is 0.319 e. The van der Waals surface area contributed by atoms with E-state index < -0.39 is 0 Å². The van der Waals surface area contributed by atoms with Gasteiger partial charge in [0.05, 0.1) is 13.2 Å². The molecule has 1 heterocycles. The molecular formula is C13H18N2O3. The first-order valence-electron chi connectivity index (χ1n) is 6.08. The van der Waals surface area contributed by atoms with E-state index in [2.05, 4.69) is 10.6 Å². The van der Waals surface area contributed by atoms with Crippen LogP contribution >= 0.6 is 0 Å². The Labute approximate surface area is 106 Å². The maximum absolute atomic E-state index is 11.6. The minimum absolute atomic E-state index is 0.159.